The van der Waals surface area contributed by atoms with Crippen molar-refractivity contribution in [2.24, 2.45) is 7.05 Å². The van der Waals surface area contributed by atoms with Crippen LogP contribution in [0, 0.1) is 0 Å². The highest BCUT2D eigenvalue weighted by molar-refractivity contribution is 9.10. The minimum Gasteiger partial charge on any atom is -0.279 e. The number of hydrogen-bond donors (Lipinski definition) is 1. The lowest BCUT2D eigenvalue weighted by atomic mass is 10.4. The molecule has 0 aliphatic rings. The van der Waals surface area contributed by atoms with Crippen LogP contribution in [0.3, 0.4) is 0 Å². The molecule has 0 aliphatic heterocycles. The normalized spacial score (nSPS) is 10.8. The number of H-pyrrole nitrogens is 1. The molecule has 0 radical (unpaired) electrons. The van der Waals surface area contributed by atoms with Crippen LogP contribution in [0.15, 0.2) is 21.5 Å². The van der Waals surface area contributed by atoms with Crippen LogP contribution in [0.5, 0.6) is 0 Å². The van der Waals surface area contributed by atoms with Gasteiger partial charge in [0, 0.05) is 17.7 Å². The summed E-state index contributed by atoms with van der Waals surface area (Å²) in [6.07, 6.45) is 1.65. The molecular formula is C7H6BrN3O. The van der Waals surface area contributed by atoms with Gasteiger partial charge in [0.05, 0.1) is 5.39 Å². The van der Waals surface area contributed by atoms with Crippen molar-refractivity contribution < 1.29 is 0 Å². The predicted molar refractivity (Wildman–Crippen MR) is 49.0 cm³/mol. The summed E-state index contributed by atoms with van der Waals surface area (Å²) in [5, 5.41) is 3.43. The third-order valence-electron chi connectivity index (χ3n) is 1.66. The van der Waals surface area contributed by atoms with Crippen LogP contribution in [-0.2, 0) is 7.05 Å². The summed E-state index contributed by atoms with van der Waals surface area (Å²) in [6.45, 7) is 0. The fraction of sp³-hybridized carbons (Fsp3) is 0.143. The SMILES string of the molecule is Cn1[nH]c2ncc(Br)cc2c1=O. The monoisotopic (exact) mass is 227 g/mol. The molecule has 1 N–H and O–H groups in total. The molecule has 0 atom stereocenters. The van der Waals surface area contributed by atoms with Crippen molar-refractivity contribution in [2.75, 3.05) is 0 Å². The van der Waals surface area contributed by atoms with Gasteiger partial charge in [-0.25, -0.2) is 4.98 Å². The van der Waals surface area contributed by atoms with Crippen molar-refractivity contribution in [1.29, 1.82) is 0 Å². The van der Waals surface area contributed by atoms with E-state index in [-0.39, 0.29) is 5.56 Å². The first-order chi connectivity index (χ1) is 5.68. The number of hydrogen-bond acceptors (Lipinski definition) is 2. The Morgan fingerprint density at radius 3 is 3.17 bits per heavy atom. The maximum Gasteiger partial charge on any atom is 0.275 e. The Labute approximate surface area is 76.3 Å². The number of rotatable bonds is 0. The molecule has 0 fully saturated rings. The van der Waals surface area contributed by atoms with Crippen molar-refractivity contribution >= 4 is 27.0 Å². The molecule has 2 aromatic rings. The number of aromatic nitrogens is 3. The van der Waals surface area contributed by atoms with Crippen molar-refractivity contribution in [3.63, 3.8) is 0 Å². The number of nitrogens with one attached hydrogen (secondary N) is 1. The summed E-state index contributed by atoms with van der Waals surface area (Å²) >= 11 is 3.25. The Morgan fingerprint density at radius 2 is 2.42 bits per heavy atom. The Morgan fingerprint density at radius 1 is 1.67 bits per heavy atom. The molecule has 0 bridgehead atoms. The molecule has 62 valence electrons. The predicted octanol–water partition coefficient (Wildman–Crippen LogP) is 1.02. The fourth-order valence-corrected chi connectivity index (χ4v) is 1.41. The molecule has 2 heterocycles. The number of nitrogens with zero attached hydrogens (tertiary/aromatic N) is 2. The van der Waals surface area contributed by atoms with E-state index in [0.717, 1.165) is 4.47 Å². The van der Waals surface area contributed by atoms with Crippen LogP contribution in [-0.4, -0.2) is 14.8 Å². The molecular weight excluding hydrogens is 222 g/mol. The van der Waals surface area contributed by atoms with E-state index < -0.39 is 0 Å². The van der Waals surface area contributed by atoms with Crippen LogP contribution in [0.2, 0.25) is 0 Å². The Bertz CT molecular complexity index is 485. The molecule has 2 aromatic heterocycles. The minimum atomic E-state index is -0.0567. The molecule has 0 unspecified atom stereocenters. The van der Waals surface area contributed by atoms with Crippen molar-refractivity contribution in [1.82, 2.24) is 14.8 Å². The third-order valence-corrected chi connectivity index (χ3v) is 2.10. The zero-order valence-electron chi connectivity index (χ0n) is 6.34. The first kappa shape index (κ1) is 7.54. The number of aromatic amines is 1. The quantitative estimate of drug-likeness (QED) is 0.731. The average Bonchev–Trinajstić information content (AvgIpc) is 2.31. The van der Waals surface area contributed by atoms with Gasteiger partial charge in [0.15, 0.2) is 5.65 Å². The zero-order valence-corrected chi connectivity index (χ0v) is 7.92. The molecule has 0 saturated carbocycles. The summed E-state index contributed by atoms with van der Waals surface area (Å²) in [7, 11) is 1.66. The lowest BCUT2D eigenvalue weighted by molar-refractivity contribution is 0.748. The van der Waals surface area contributed by atoms with E-state index in [9.17, 15) is 4.79 Å². The number of pyridine rings is 1. The highest BCUT2D eigenvalue weighted by Crippen LogP contribution is 2.11. The Balaban J connectivity index is 2.98. The first-order valence-electron chi connectivity index (χ1n) is 3.39. The van der Waals surface area contributed by atoms with E-state index in [2.05, 4.69) is 26.0 Å². The van der Waals surface area contributed by atoms with E-state index in [1.165, 1.54) is 4.68 Å². The summed E-state index contributed by atoms with van der Waals surface area (Å²) in [5.74, 6) is 0. The molecule has 0 aromatic carbocycles. The van der Waals surface area contributed by atoms with E-state index in [1.807, 2.05) is 0 Å². The molecule has 0 spiro atoms. The Hall–Kier alpha value is -1.10. The smallest absolute Gasteiger partial charge is 0.275 e. The van der Waals surface area contributed by atoms with Gasteiger partial charge in [-0.1, -0.05) is 0 Å². The summed E-state index contributed by atoms with van der Waals surface area (Å²) < 4.78 is 2.22. The number of aryl methyl sites for hydroxylation is 1. The average molecular weight is 228 g/mol. The van der Waals surface area contributed by atoms with Gasteiger partial charge >= 0.3 is 0 Å². The second kappa shape index (κ2) is 2.45. The van der Waals surface area contributed by atoms with Gasteiger partial charge in [-0.3, -0.25) is 14.6 Å². The topological polar surface area (TPSA) is 50.7 Å². The van der Waals surface area contributed by atoms with Crippen molar-refractivity contribution in [3.8, 4) is 0 Å². The molecule has 12 heavy (non-hydrogen) atoms. The van der Waals surface area contributed by atoms with Crippen molar-refractivity contribution in [3.05, 3.63) is 27.1 Å². The minimum absolute atomic E-state index is 0.0567. The van der Waals surface area contributed by atoms with E-state index in [0.29, 0.717) is 11.0 Å². The Kier molecular flexibility index (Phi) is 1.54. The van der Waals surface area contributed by atoms with Gasteiger partial charge in [0.1, 0.15) is 0 Å². The summed E-state index contributed by atoms with van der Waals surface area (Å²) in [4.78, 5) is 15.4. The van der Waals surface area contributed by atoms with Gasteiger partial charge in [0.25, 0.3) is 5.56 Å². The van der Waals surface area contributed by atoms with Crippen LogP contribution < -0.4 is 5.56 Å². The molecule has 4 nitrogen and oxygen atoms in total. The highest BCUT2D eigenvalue weighted by atomic mass is 79.9. The molecule has 0 saturated heterocycles. The van der Waals surface area contributed by atoms with E-state index in [1.54, 1.807) is 19.3 Å². The van der Waals surface area contributed by atoms with E-state index in [4.69, 9.17) is 0 Å². The van der Waals surface area contributed by atoms with Gasteiger partial charge in [-0.2, -0.15) is 0 Å². The van der Waals surface area contributed by atoms with Crippen LogP contribution in [0.4, 0.5) is 0 Å². The first-order valence-corrected chi connectivity index (χ1v) is 4.18. The largest absolute Gasteiger partial charge is 0.279 e. The van der Waals surface area contributed by atoms with Crippen molar-refractivity contribution in [2.45, 2.75) is 0 Å². The maximum atomic E-state index is 11.4. The molecule has 0 aliphatic carbocycles. The van der Waals surface area contributed by atoms with Gasteiger partial charge in [0.2, 0.25) is 0 Å². The zero-order chi connectivity index (χ0) is 8.72. The van der Waals surface area contributed by atoms with Gasteiger partial charge < -0.3 is 0 Å². The standard InChI is InChI=1S/C7H6BrN3O/c1-11-7(12)5-2-4(8)3-9-6(5)10-11/h2-3H,1H3,(H,9,10). The van der Waals surface area contributed by atoms with Crippen LogP contribution in [0.25, 0.3) is 11.0 Å². The lowest BCUT2D eigenvalue weighted by Gasteiger charge is -1.86. The summed E-state index contributed by atoms with van der Waals surface area (Å²) in [6, 6.07) is 1.75. The van der Waals surface area contributed by atoms with Gasteiger partial charge in [-0.05, 0) is 22.0 Å². The number of fused-ring (bicyclic) bond motifs is 1. The van der Waals surface area contributed by atoms with Crippen LogP contribution >= 0.6 is 15.9 Å². The maximum absolute atomic E-state index is 11.4. The molecule has 5 heteroatoms. The second-order valence-corrected chi connectivity index (χ2v) is 3.44. The highest BCUT2D eigenvalue weighted by Gasteiger charge is 2.03. The second-order valence-electron chi connectivity index (χ2n) is 2.53. The molecule has 2 rings (SSSR count). The molecule has 0 amide bonds. The fourth-order valence-electron chi connectivity index (χ4n) is 1.08. The lowest BCUT2D eigenvalue weighted by Crippen LogP contribution is -2.11. The number of halogens is 1. The van der Waals surface area contributed by atoms with E-state index >= 15 is 0 Å². The van der Waals surface area contributed by atoms with Crippen LogP contribution in [0.1, 0.15) is 0 Å². The van der Waals surface area contributed by atoms with Gasteiger partial charge in [-0.15, -0.1) is 0 Å². The summed E-state index contributed by atoms with van der Waals surface area (Å²) in [5.41, 5.74) is 0.560. The third kappa shape index (κ3) is 0.972.